The quantitative estimate of drug-likeness (QED) is 0.928. The lowest BCUT2D eigenvalue weighted by Gasteiger charge is -2.36. The molecule has 0 bridgehead atoms. The highest BCUT2D eigenvalue weighted by atomic mass is 32.2. The highest BCUT2D eigenvalue weighted by molar-refractivity contribution is 7.99. The van der Waals surface area contributed by atoms with Gasteiger partial charge in [0.15, 0.2) is 0 Å². The summed E-state index contributed by atoms with van der Waals surface area (Å²) >= 11 is 1.99. The standard InChI is InChI=1S/C17H23FN2OS/c1-12-11-13(18)4-5-16(12)20-8-2-3-15(17(20)21)19-14-6-9-22-10-7-14/h4-5,11,14-15,19H,2-3,6-10H2,1H3/t15-/m1/s1. The smallest absolute Gasteiger partial charge is 0.244 e. The average Bonchev–Trinajstić information content (AvgIpc) is 2.51. The van der Waals surface area contributed by atoms with Gasteiger partial charge in [-0.1, -0.05) is 0 Å². The van der Waals surface area contributed by atoms with Gasteiger partial charge >= 0.3 is 0 Å². The first-order valence-electron chi connectivity index (χ1n) is 8.06. The van der Waals surface area contributed by atoms with Crippen molar-refractivity contribution >= 4 is 23.4 Å². The minimum Gasteiger partial charge on any atom is -0.311 e. The normalized spacial score (nSPS) is 23.8. The molecule has 5 heteroatoms. The highest BCUT2D eigenvalue weighted by Crippen LogP contribution is 2.26. The number of carbonyl (C=O) groups is 1. The van der Waals surface area contributed by atoms with Crippen LogP contribution in [0.1, 0.15) is 31.2 Å². The molecule has 2 fully saturated rings. The van der Waals surface area contributed by atoms with E-state index in [9.17, 15) is 9.18 Å². The van der Waals surface area contributed by atoms with Gasteiger partial charge in [0, 0.05) is 18.3 Å². The van der Waals surface area contributed by atoms with E-state index in [1.54, 1.807) is 6.07 Å². The van der Waals surface area contributed by atoms with Crippen LogP contribution in [0.5, 0.6) is 0 Å². The van der Waals surface area contributed by atoms with Crippen LogP contribution in [0.3, 0.4) is 0 Å². The average molecular weight is 322 g/mol. The van der Waals surface area contributed by atoms with Gasteiger partial charge in [-0.25, -0.2) is 4.39 Å². The van der Waals surface area contributed by atoms with Crippen LogP contribution in [-0.2, 0) is 4.79 Å². The SMILES string of the molecule is Cc1cc(F)ccc1N1CCC[C@@H](NC2CCSCC2)C1=O. The Morgan fingerprint density at radius 3 is 2.77 bits per heavy atom. The number of nitrogens with one attached hydrogen (secondary N) is 1. The Morgan fingerprint density at radius 1 is 1.27 bits per heavy atom. The van der Waals surface area contributed by atoms with E-state index in [0.29, 0.717) is 6.04 Å². The van der Waals surface area contributed by atoms with E-state index >= 15 is 0 Å². The Balaban J connectivity index is 1.71. The van der Waals surface area contributed by atoms with Crippen molar-refractivity contribution in [2.24, 2.45) is 0 Å². The number of thioether (sulfide) groups is 1. The van der Waals surface area contributed by atoms with Crippen LogP contribution < -0.4 is 10.2 Å². The van der Waals surface area contributed by atoms with Crippen LogP contribution >= 0.6 is 11.8 Å². The van der Waals surface area contributed by atoms with Gasteiger partial charge < -0.3 is 10.2 Å². The molecular weight excluding hydrogens is 299 g/mol. The van der Waals surface area contributed by atoms with Gasteiger partial charge in [0.2, 0.25) is 5.91 Å². The molecule has 0 radical (unpaired) electrons. The molecule has 1 amide bonds. The molecule has 1 aromatic carbocycles. The lowest BCUT2D eigenvalue weighted by Crippen LogP contribution is -2.54. The number of piperidine rings is 1. The molecule has 3 nitrogen and oxygen atoms in total. The zero-order valence-electron chi connectivity index (χ0n) is 13.0. The van der Waals surface area contributed by atoms with Crippen molar-refractivity contribution in [2.75, 3.05) is 23.0 Å². The Bertz CT molecular complexity index is 545. The highest BCUT2D eigenvalue weighted by Gasteiger charge is 2.32. The fourth-order valence-corrected chi connectivity index (χ4v) is 4.45. The minimum atomic E-state index is -0.250. The monoisotopic (exact) mass is 322 g/mol. The fourth-order valence-electron chi connectivity index (χ4n) is 3.34. The van der Waals surface area contributed by atoms with Gasteiger partial charge in [-0.15, -0.1) is 0 Å². The number of carbonyl (C=O) groups excluding carboxylic acids is 1. The van der Waals surface area contributed by atoms with Crippen molar-refractivity contribution in [2.45, 2.75) is 44.7 Å². The van der Waals surface area contributed by atoms with E-state index < -0.39 is 0 Å². The van der Waals surface area contributed by atoms with Crippen molar-refractivity contribution in [3.63, 3.8) is 0 Å². The number of amides is 1. The van der Waals surface area contributed by atoms with Crippen molar-refractivity contribution < 1.29 is 9.18 Å². The van der Waals surface area contributed by atoms with Gasteiger partial charge in [-0.3, -0.25) is 4.79 Å². The van der Waals surface area contributed by atoms with E-state index in [1.165, 1.54) is 23.6 Å². The number of nitrogens with zero attached hydrogens (tertiary/aromatic N) is 1. The molecule has 0 aromatic heterocycles. The van der Waals surface area contributed by atoms with Crippen LogP contribution in [0.15, 0.2) is 18.2 Å². The summed E-state index contributed by atoms with van der Waals surface area (Å²) in [6, 6.07) is 5.03. The first kappa shape index (κ1) is 15.8. The summed E-state index contributed by atoms with van der Waals surface area (Å²) in [6.45, 7) is 2.59. The topological polar surface area (TPSA) is 32.3 Å². The van der Waals surface area contributed by atoms with Crippen molar-refractivity contribution in [1.29, 1.82) is 0 Å². The van der Waals surface area contributed by atoms with Crippen LogP contribution in [-0.4, -0.2) is 36.0 Å². The van der Waals surface area contributed by atoms with E-state index in [0.717, 1.165) is 43.5 Å². The predicted molar refractivity (Wildman–Crippen MR) is 90.0 cm³/mol. The van der Waals surface area contributed by atoms with Crippen LogP contribution in [0.25, 0.3) is 0 Å². The summed E-state index contributed by atoms with van der Waals surface area (Å²) < 4.78 is 13.3. The van der Waals surface area contributed by atoms with Gasteiger partial charge in [-0.05, 0) is 67.9 Å². The van der Waals surface area contributed by atoms with E-state index in [-0.39, 0.29) is 17.8 Å². The van der Waals surface area contributed by atoms with E-state index in [1.807, 2.05) is 23.6 Å². The maximum atomic E-state index is 13.3. The molecule has 0 aliphatic carbocycles. The summed E-state index contributed by atoms with van der Waals surface area (Å²) in [5, 5.41) is 3.56. The second-order valence-electron chi connectivity index (χ2n) is 6.17. The second-order valence-corrected chi connectivity index (χ2v) is 7.39. The molecule has 22 heavy (non-hydrogen) atoms. The van der Waals surface area contributed by atoms with Gasteiger partial charge in [0.1, 0.15) is 5.82 Å². The summed E-state index contributed by atoms with van der Waals surface area (Å²) in [6.07, 6.45) is 4.18. The molecule has 1 N–H and O–H groups in total. The summed E-state index contributed by atoms with van der Waals surface area (Å²) in [5.74, 6) is 2.25. The molecule has 120 valence electrons. The third kappa shape index (κ3) is 3.46. The van der Waals surface area contributed by atoms with Crippen LogP contribution in [0, 0.1) is 12.7 Å². The third-order valence-corrected chi connectivity index (χ3v) is 5.60. The Hall–Kier alpha value is -1.07. The van der Waals surface area contributed by atoms with Gasteiger partial charge in [-0.2, -0.15) is 11.8 Å². The molecule has 0 saturated carbocycles. The number of halogens is 1. The minimum absolute atomic E-state index is 0.0914. The summed E-state index contributed by atoms with van der Waals surface area (Å²) in [4.78, 5) is 14.6. The lowest BCUT2D eigenvalue weighted by molar-refractivity contribution is -0.122. The maximum Gasteiger partial charge on any atom is 0.244 e. The Kier molecular flexibility index (Phi) is 5.03. The molecule has 2 saturated heterocycles. The second kappa shape index (κ2) is 7.01. The lowest BCUT2D eigenvalue weighted by atomic mass is 10.0. The molecule has 1 atom stereocenters. The Labute approximate surface area is 135 Å². The van der Waals surface area contributed by atoms with Gasteiger partial charge in [0.25, 0.3) is 0 Å². The van der Waals surface area contributed by atoms with Crippen LogP contribution in [0.4, 0.5) is 10.1 Å². The first-order valence-corrected chi connectivity index (χ1v) is 9.22. The zero-order chi connectivity index (χ0) is 15.5. The molecule has 2 aliphatic rings. The number of anilines is 1. The Morgan fingerprint density at radius 2 is 2.05 bits per heavy atom. The fraction of sp³-hybridized carbons (Fsp3) is 0.588. The molecule has 1 aromatic rings. The number of rotatable bonds is 3. The number of benzene rings is 1. The van der Waals surface area contributed by atoms with E-state index in [4.69, 9.17) is 0 Å². The van der Waals surface area contributed by atoms with E-state index in [2.05, 4.69) is 5.32 Å². The maximum absolute atomic E-state index is 13.3. The molecule has 0 spiro atoms. The van der Waals surface area contributed by atoms with Crippen LogP contribution in [0.2, 0.25) is 0 Å². The molecular formula is C17H23FN2OS. The molecule has 2 aliphatic heterocycles. The van der Waals surface area contributed by atoms with Gasteiger partial charge in [0.05, 0.1) is 6.04 Å². The molecule has 0 unspecified atom stereocenters. The van der Waals surface area contributed by atoms with Crippen molar-refractivity contribution in [3.05, 3.63) is 29.6 Å². The number of aryl methyl sites for hydroxylation is 1. The molecule has 3 rings (SSSR count). The van der Waals surface area contributed by atoms with Crippen molar-refractivity contribution in [1.82, 2.24) is 5.32 Å². The number of hydrogen-bond acceptors (Lipinski definition) is 3. The summed E-state index contributed by atoms with van der Waals surface area (Å²) in [5.41, 5.74) is 1.67. The zero-order valence-corrected chi connectivity index (χ0v) is 13.8. The first-order chi connectivity index (χ1) is 10.6. The molecule has 2 heterocycles. The largest absolute Gasteiger partial charge is 0.311 e. The number of hydrogen-bond donors (Lipinski definition) is 1. The van der Waals surface area contributed by atoms with Crippen molar-refractivity contribution in [3.8, 4) is 0 Å². The predicted octanol–water partition coefficient (Wildman–Crippen LogP) is 3.11. The third-order valence-electron chi connectivity index (χ3n) is 4.55. The summed E-state index contributed by atoms with van der Waals surface area (Å²) in [7, 11) is 0.